The van der Waals surface area contributed by atoms with Crippen molar-refractivity contribution in [1.82, 2.24) is 0 Å². The largest absolute Gasteiger partial charge is 0.302 e. The number of hydrogen-bond acceptors (Lipinski definition) is 2. The van der Waals surface area contributed by atoms with Crippen LogP contribution in [0, 0.1) is 28.6 Å². The molecular weight excluding hydrogens is 366 g/mol. The Balaban J connectivity index is 1.48. The second-order valence-corrected chi connectivity index (χ2v) is 9.49. The molecule has 2 saturated carbocycles. The van der Waals surface area contributed by atoms with Crippen molar-refractivity contribution in [2.45, 2.75) is 83.5 Å². The standard InChI is InChI=1S/C28H37NO/c1-2-3-7-23-8-10-24(11-9-23)25-12-14-26(15-13-25)27-16-19-28(22-30,20-17-27)18-5-4-6-21-29/h4-6,8-11,18,22,25-27H,2-3,7,12-17,19-20H2,1H3/t25-,26-,27-,28+. The highest BCUT2D eigenvalue weighted by molar-refractivity contribution is 5.63. The quantitative estimate of drug-likeness (QED) is 0.259. The molecule has 0 unspecified atom stereocenters. The molecule has 0 aliphatic heterocycles. The zero-order valence-electron chi connectivity index (χ0n) is 18.6. The highest BCUT2D eigenvalue weighted by Gasteiger charge is 2.37. The lowest BCUT2D eigenvalue weighted by molar-refractivity contribution is -0.116. The summed E-state index contributed by atoms with van der Waals surface area (Å²) in [4.78, 5) is 11.8. The summed E-state index contributed by atoms with van der Waals surface area (Å²) in [6.45, 7) is 2.25. The van der Waals surface area contributed by atoms with E-state index in [2.05, 4.69) is 31.2 Å². The lowest BCUT2D eigenvalue weighted by Crippen LogP contribution is -2.31. The van der Waals surface area contributed by atoms with Crippen molar-refractivity contribution in [2.24, 2.45) is 17.3 Å². The van der Waals surface area contributed by atoms with Crippen LogP contribution in [0.5, 0.6) is 0 Å². The van der Waals surface area contributed by atoms with Crippen LogP contribution in [0.4, 0.5) is 0 Å². The molecule has 0 atom stereocenters. The van der Waals surface area contributed by atoms with Gasteiger partial charge in [-0.25, -0.2) is 0 Å². The van der Waals surface area contributed by atoms with Gasteiger partial charge < -0.3 is 4.79 Å². The van der Waals surface area contributed by atoms with Crippen LogP contribution in [0.3, 0.4) is 0 Å². The van der Waals surface area contributed by atoms with Gasteiger partial charge in [0, 0.05) is 11.5 Å². The van der Waals surface area contributed by atoms with E-state index in [4.69, 9.17) is 5.26 Å². The Bertz CT molecular complexity index is 751. The fourth-order valence-electron chi connectivity index (χ4n) is 5.58. The molecule has 160 valence electrons. The summed E-state index contributed by atoms with van der Waals surface area (Å²) in [7, 11) is 0. The van der Waals surface area contributed by atoms with Gasteiger partial charge in [0.15, 0.2) is 0 Å². The Labute approximate surface area is 183 Å². The van der Waals surface area contributed by atoms with Crippen molar-refractivity contribution in [3.8, 4) is 6.07 Å². The van der Waals surface area contributed by atoms with Gasteiger partial charge in [0.2, 0.25) is 0 Å². The summed E-state index contributed by atoms with van der Waals surface area (Å²) < 4.78 is 0. The van der Waals surface area contributed by atoms with Gasteiger partial charge >= 0.3 is 0 Å². The Hall–Kier alpha value is -2.14. The van der Waals surface area contributed by atoms with Crippen molar-refractivity contribution in [2.75, 3.05) is 0 Å². The van der Waals surface area contributed by atoms with E-state index in [1.807, 2.05) is 18.2 Å². The minimum atomic E-state index is -0.312. The van der Waals surface area contributed by atoms with E-state index in [0.29, 0.717) is 0 Å². The molecule has 0 saturated heterocycles. The summed E-state index contributed by atoms with van der Waals surface area (Å²) >= 11 is 0. The average molecular weight is 404 g/mol. The van der Waals surface area contributed by atoms with E-state index in [0.717, 1.165) is 49.7 Å². The number of carbonyl (C=O) groups is 1. The van der Waals surface area contributed by atoms with Crippen molar-refractivity contribution >= 4 is 6.29 Å². The highest BCUT2D eigenvalue weighted by atomic mass is 16.1. The maximum absolute atomic E-state index is 11.8. The van der Waals surface area contributed by atoms with Crippen molar-refractivity contribution in [1.29, 1.82) is 5.26 Å². The minimum absolute atomic E-state index is 0.312. The molecule has 3 rings (SSSR count). The Kier molecular flexibility index (Phi) is 8.50. The Morgan fingerprint density at radius 3 is 2.27 bits per heavy atom. The molecule has 0 amide bonds. The van der Waals surface area contributed by atoms with E-state index in [-0.39, 0.29) is 5.41 Å². The highest BCUT2D eigenvalue weighted by Crippen LogP contribution is 2.47. The molecule has 0 bridgehead atoms. The van der Waals surface area contributed by atoms with Gasteiger partial charge in [0.05, 0.1) is 6.07 Å². The third kappa shape index (κ3) is 5.94. The summed E-state index contributed by atoms with van der Waals surface area (Å²) in [5.74, 6) is 2.34. The molecular formula is C28H37NO. The summed E-state index contributed by atoms with van der Waals surface area (Å²) in [5, 5.41) is 8.60. The van der Waals surface area contributed by atoms with E-state index in [9.17, 15) is 4.79 Å². The average Bonchev–Trinajstić information content (AvgIpc) is 2.81. The zero-order chi connectivity index (χ0) is 21.2. The minimum Gasteiger partial charge on any atom is -0.302 e. The maximum Gasteiger partial charge on any atom is 0.129 e. The molecule has 0 radical (unpaired) electrons. The summed E-state index contributed by atoms with van der Waals surface area (Å²) in [5.41, 5.74) is 2.70. The van der Waals surface area contributed by atoms with Crippen molar-refractivity contribution in [3.63, 3.8) is 0 Å². The molecule has 0 aromatic heterocycles. The van der Waals surface area contributed by atoms with Gasteiger partial charge in [-0.15, -0.1) is 0 Å². The number of nitrogens with zero attached hydrogens (tertiary/aromatic N) is 1. The van der Waals surface area contributed by atoms with Gasteiger partial charge in [0.25, 0.3) is 0 Å². The van der Waals surface area contributed by atoms with Crippen molar-refractivity contribution < 1.29 is 4.79 Å². The first-order valence-electron chi connectivity index (χ1n) is 12.0. The van der Waals surface area contributed by atoms with Crippen LogP contribution in [0.15, 0.2) is 48.6 Å². The predicted octanol–water partition coefficient (Wildman–Crippen LogP) is 7.31. The second kappa shape index (κ2) is 11.3. The maximum atomic E-state index is 11.8. The Morgan fingerprint density at radius 1 is 1.00 bits per heavy atom. The molecule has 1 aromatic rings. The number of allylic oxidation sites excluding steroid dienone is 4. The number of carbonyl (C=O) groups excluding carboxylic acids is 1. The SMILES string of the molecule is CCCCc1ccc([C@H]2CC[C@H]([C@H]3CC[C@](C=O)(C=CC=CC#N)CC3)CC2)cc1. The second-order valence-electron chi connectivity index (χ2n) is 9.49. The molecule has 0 heterocycles. The van der Waals surface area contributed by atoms with Gasteiger partial charge in [-0.1, -0.05) is 55.8 Å². The number of hydrogen-bond donors (Lipinski definition) is 0. The lowest BCUT2D eigenvalue weighted by Gasteiger charge is -2.40. The molecule has 2 nitrogen and oxygen atoms in total. The molecule has 2 aliphatic carbocycles. The van der Waals surface area contributed by atoms with Gasteiger partial charge in [0.1, 0.15) is 6.29 Å². The smallest absolute Gasteiger partial charge is 0.129 e. The third-order valence-electron chi connectivity index (χ3n) is 7.61. The van der Waals surface area contributed by atoms with Crippen molar-refractivity contribution in [3.05, 3.63) is 59.7 Å². The number of aldehydes is 1. The van der Waals surface area contributed by atoms with Gasteiger partial charge in [-0.3, -0.25) is 0 Å². The monoisotopic (exact) mass is 403 g/mol. The van der Waals surface area contributed by atoms with Crippen LogP contribution >= 0.6 is 0 Å². The first kappa shape index (κ1) is 22.5. The number of nitriles is 1. The molecule has 1 aromatic carbocycles. The fraction of sp³-hybridized carbons (Fsp3) is 0.571. The number of rotatable bonds is 8. The number of benzene rings is 1. The molecule has 30 heavy (non-hydrogen) atoms. The van der Waals surface area contributed by atoms with Crippen LogP contribution in [0.1, 0.15) is 88.2 Å². The van der Waals surface area contributed by atoms with Crippen LogP contribution in [0.2, 0.25) is 0 Å². The molecule has 2 fully saturated rings. The lowest BCUT2D eigenvalue weighted by atomic mass is 9.64. The molecule has 0 N–H and O–H groups in total. The van der Waals surface area contributed by atoms with E-state index < -0.39 is 0 Å². The number of aryl methyl sites for hydroxylation is 1. The van der Waals surface area contributed by atoms with Crippen LogP contribution in [-0.2, 0) is 11.2 Å². The third-order valence-corrected chi connectivity index (χ3v) is 7.61. The molecule has 2 heteroatoms. The Morgan fingerprint density at radius 2 is 1.67 bits per heavy atom. The van der Waals surface area contributed by atoms with Crippen LogP contribution in [0.25, 0.3) is 0 Å². The van der Waals surface area contributed by atoms with E-state index in [1.54, 1.807) is 6.08 Å². The van der Waals surface area contributed by atoms with Crippen LogP contribution < -0.4 is 0 Å². The molecule has 2 aliphatic rings. The topological polar surface area (TPSA) is 40.9 Å². The van der Waals surface area contributed by atoms with E-state index in [1.165, 1.54) is 62.1 Å². The fourth-order valence-corrected chi connectivity index (χ4v) is 5.58. The van der Waals surface area contributed by atoms with E-state index >= 15 is 0 Å². The number of unbranched alkanes of at least 4 members (excludes halogenated alkanes) is 1. The zero-order valence-corrected chi connectivity index (χ0v) is 18.6. The normalized spacial score (nSPS) is 29.8. The van der Waals surface area contributed by atoms with Gasteiger partial charge in [-0.2, -0.15) is 5.26 Å². The first-order chi connectivity index (χ1) is 14.7. The summed E-state index contributed by atoms with van der Waals surface area (Å²) in [6.07, 6.45) is 21.5. The predicted molar refractivity (Wildman–Crippen MR) is 124 cm³/mol. The van der Waals surface area contributed by atoms with Gasteiger partial charge in [-0.05, 0) is 93.1 Å². The first-order valence-corrected chi connectivity index (χ1v) is 12.0. The summed E-state index contributed by atoms with van der Waals surface area (Å²) in [6, 6.07) is 11.4. The van der Waals surface area contributed by atoms with Crippen LogP contribution in [-0.4, -0.2) is 6.29 Å². The molecule has 0 spiro atoms.